The van der Waals surface area contributed by atoms with Gasteiger partial charge in [-0.05, 0) is 6.42 Å². The van der Waals surface area contributed by atoms with Crippen LogP contribution in [-0.2, 0) is 10.0 Å². The number of aliphatic hydroxyl groups is 1. The average molecular weight is 279 g/mol. The summed E-state index contributed by atoms with van der Waals surface area (Å²) in [6.45, 7) is 6.76. The summed E-state index contributed by atoms with van der Waals surface area (Å²) in [6.07, 6.45) is 0.771. The number of hydrogen-bond donors (Lipinski definition) is 2. The number of nitrogens with zero attached hydrogens (tertiary/aromatic N) is 2. The Morgan fingerprint density at radius 2 is 1.94 bits per heavy atom. The summed E-state index contributed by atoms with van der Waals surface area (Å²) >= 11 is 0. The van der Waals surface area contributed by atoms with Crippen LogP contribution in [0.15, 0.2) is 0 Å². The predicted octanol–water partition coefficient (Wildman–Crippen LogP) is -1.07. The minimum atomic E-state index is -3.23. The van der Waals surface area contributed by atoms with Crippen LogP contribution in [0.2, 0.25) is 0 Å². The van der Waals surface area contributed by atoms with Gasteiger partial charge in [0, 0.05) is 45.8 Å². The molecule has 0 aromatic carbocycles. The lowest BCUT2D eigenvalue weighted by atomic mass is 10.4. The zero-order valence-corrected chi connectivity index (χ0v) is 12.0. The number of rotatable bonds is 8. The van der Waals surface area contributed by atoms with Gasteiger partial charge in [-0.15, -0.1) is 0 Å². The Morgan fingerprint density at radius 1 is 1.28 bits per heavy atom. The molecule has 0 atom stereocenters. The average Bonchev–Trinajstić information content (AvgIpc) is 2.37. The van der Waals surface area contributed by atoms with Gasteiger partial charge in [0.2, 0.25) is 10.0 Å². The number of piperazine rings is 1. The molecule has 2 N–H and O–H groups in total. The van der Waals surface area contributed by atoms with E-state index in [2.05, 4.69) is 10.2 Å². The van der Waals surface area contributed by atoms with Crippen molar-refractivity contribution < 1.29 is 13.5 Å². The van der Waals surface area contributed by atoms with Crippen LogP contribution >= 0.6 is 0 Å². The van der Waals surface area contributed by atoms with E-state index in [1.54, 1.807) is 0 Å². The standard InChI is InChI=1S/C11H25N3O3S/c1-2-5-14(8-10-15)18(16,17)11-9-13-6-3-12-4-7-13/h12,15H,2-11H2,1H3. The van der Waals surface area contributed by atoms with Crippen LogP contribution in [0.5, 0.6) is 0 Å². The molecule has 0 amide bonds. The molecule has 1 saturated heterocycles. The van der Waals surface area contributed by atoms with Gasteiger partial charge in [-0.2, -0.15) is 4.31 Å². The van der Waals surface area contributed by atoms with E-state index in [1.165, 1.54) is 4.31 Å². The lowest BCUT2D eigenvalue weighted by molar-refractivity contribution is 0.244. The van der Waals surface area contributed by atoms with Crippen LogP contribution in [0.3, 0.4) is 0 Å². The smallest absolute Gasteiger partial charge is 0.215 e. The van der Waals surface area contributed by atoms with Crippen molar-refractivity contribution in [3.8, 4) is 0 Å². The molecule has 108 valence electrons. The quantitative estimate of drug-likeness (QED) is 0.592. The van der Waals surface area contributed by atoms with Crippen molar-refractivity contribution in [3.63, 3.8) is 0 Å². The number of hydrogen-bond acceptors (Lipinski definition) is 5. The van der Waals surface area contributed by atoms with E-state index >= 15 is 0 Å². The van der Waals surface area contributed by atoms with Crippen molar-refractivity contribution >= 4 is 10.0 Å². The van der Waals surface area contributed by atoms with Crippen molar-refractivity contribution in [1.82, 2.24) is 14.5 Å². The van der Waals surface area contributed by atoms with E-state index < -0.39 is 10.0 Å². The third-order valence-corrected chi connectivity index (χ3v) is 4.94. The van der Waals surface area contributed by atoms with E-state index in [4.69, 9.17) is 5.11 Å². The fourth-order valence-corrected chi connectivity index (χ4v) is 3.63. The molecule has 0 saturated carbocycles. The second-order valence-electron chi connectivity index (χ2n) is 4.53. The molecule has 1 aliphatic rings. The maximum absolute atomic E-state index is 12.1. The second-order valence-corrected chi connectivity index (χ2v) is 6.62. The van der Waals surface area contributed by atoms with Gasteiger partial charge in [-0.1, -0.05) is 6.92 Å². The number of aliphatic hydroxyl groups excluding tert-OH is 1. The summed E-state index contributed by atoms with van der Waals surface area (Å²) in [5.74, 6) is 0.146. The third-order valence-electron chi connectivity index (χ3n) is 3.09. The van der Waals surface area contributed by atoms with Gasteiger partial charge in [0.15, 0.2) is 0 Å². The monoisotopic (exact) mass is 279 g/mol. The highest BCUT2D eigenvalue weighted by Gasteiger charge is 2.22. The Balaban J connectivity index is 2.45. The third kappa shape index (κ3) is 5.19. The lowest BCUT2D eigenvalue weighted by Gasteiger charge is -2.28. The first kappa shape index (κ1) is 15.8. The zero-order chi connectivity index (χ0) is 13.4. The first-order chi connectivity index (χ1) is 8.60. The Morgan fingerprint density at radius 3 is 2.50 bits per heavy atom. The van der Waals surface area contributed by atoms with Crippen LogP contribution in [-0.4, -0.2) is 80.9 Å². The molecule has 0 bridgehead atoms. The van der Waals surface area contributed by atoms with E-state index in [1.807, 2.05) is 6.92 Å². The predicted molar refractivity (Wildman–Crippen MR) is 72.0 cm³/mol. The Kier molecular flexibility index (Phi) is 7.10. The molecule has 0 spiro atoms. The fourth-order valence-electron chi connectivity index (χ4n) is 2.06. The zero-order valence-electron chi connectivity index (χ0n) is 11.1. The molecular formula is C11H25N3O3S. The Bertz CT molecular complexity index is 309. The molecule has 1 aliphatic heterocycles. The summed E-state index contributed by atoms with van der Waals surface area (Å²) in [6, 6.07) is 0. The molecule has 0 radical (unpaired) electrons. The summed E-state index contributed by atoms with van der Waals surface area (Å²) in [5.41, 5.74) is 0. The van der Waals surface area contributed by atoms with Crippen LogP contribution in [0.25, 0.3) is 0 Å². The second kappa shape index (κ2) is 8.06. The van der Waals surface area contributed by atoms with Crippen molar-refractivity contribution in [3.05, 3.63) is 0 Å². The van der Waals surface area contributed by atoms with Crippen molar-refractivity contribution in [1.29, 1.82) is 0 Å². The summed E-state index contributed by atoms with van der Waals surface area (Å²) in [4.78, 5) is 2.16. The first-order valence-electron chi connectivity index (χ1n) is 6.62. The van der Waals surface area contributed by atoms with Crippen LogP contribution in [0.4, 0.5) is 0 Å². The highest BCUT2D eigenvalue weighted by molar-refractivity contribution is 7.89. The van der Waals surface area contributed by atoms with Gasteiger partial charge in [0.25, 0.3) is 0 Å². The Hall–Kier alpha value is -0.210. The lowest BCUT2D eigenvalue weighted by Crippen LogP contribution is -2.46. The van der Waals surface area contributed by atoms with Crippen molar-refractivity contribution in [2.24, 2.45) is 0 Å². The molecule has 18 heavy (non-hydrogen) atoms. The molecule has 1 fully saturated rings. The van der Waals surface area contributed by atoms with E-state index in [0.29, 0.717) is 13.1 Å². The van der Waals surface area contributed by atoms with Gasteiger partial charge in [-0.3, -0.25) is 4.90 Å². The molecule has 0 aromatic rings. The highest BCUT2D eigenvalue weighted by atomic mass is 32.2. The maximum atomic E-state index is 12.1. The van der Waals surface area contributed by atoms with E-state index in [0.717, 1.165) is 32.6 Å². The number of sulfonamides is 1. The molecule has 7 heteroatoms. The fraction of sp³-hybridized carbons (Fsp3) is 1.00. The topological polar surface area (TPSA) is 72.9 Å². The van der Waals surface area contributed by atoms with Gasteiger partial charge >= 0.3 is 0 Å². The van der Waals surface area contributed by atoms with E-state index in [9.17, 15) is 8.42 Å². The number of nitrogens with one attached hydrogen (secondary N) is 1. The Labute approximate surface area is 110 Å². The van der Waals surface area contributed by atoms with Gasteiger partial charge < -0.3 is 10.4 Å². The summed E-state index contributed by atoms with van der Waals surface area (Å²) in [5, 5.41) is 12.2. The molecule has 1 rings (SSSR count). The summed E-state index contributed by atoms with van der Waals surface area (Å²) in [7, 11) is -3.23. The molecule has 0 unspecified atom stereocenters. The SMILES string of the molecule is CCCN(CCO)S(=O)(=O)CCN1CCNCC1. The van der Waals surface area contributed by atoms with Crippen LogP contribution in [0, 0.1) is 0 Å². The van der Waals surface area contributed by atoms with Crippen LogP contribution < -0.4 is 5.32 Å². The van der Waals surface area contributed by atoms with E-state index in [-0.39, 0.29) is 18.9 Å². The molecule has 0 aromatic heterocycles. The molecule has 6 nitrogen and oxygen atoms in total. The minimum Gasteiger partial charge on any atom is -0.395 e. The molecule has 0 aliphatic carbocycles. The van der Waals surface area contributed by atoms with Crippen molar-refractivity contribution in [2.75, 3.05) is 58.2 Å². The largest absolute Gasteiger partial charge is 0.395 e. The first-order valence-corrected chi connectivity index (χ1v) is 8.23. The molecular weight excluding hydrogens is 254 g/mol. The van der Waals surface area contributed by atoms with Gasteiger partial charge in [0.1, 0.15) is 0 Å². The normalized spacial score (nSPS) is 18.4. The van der Waals surface area contributed by atoms with Gasteiger partial charge in [0.05, 0.1) is 12.4 Å². The minimum absolute atomic E-state index is 0.118. The molecule has 1 heterocycles. The maximum Gasteiger partial charge on any atom is 0.215 e. The highest BCUT2D eigenvalue weighted by Crippen LogP contribution is 2.04. The summed E-state index contributed by atoms with van der Waals surface area (Å²) < 4.78 is 25.6. The van der Waals surface area contributed by atoms with Crippen LogP contribution in [0.1, 0.15) is 13.3 Å². The van der Waals surface area contributed by atoms with Gasteiger partial charge in [-0.25, -0.2) is 8.42 Å². The van der Waals surface area contributed by atoms with Crippen molar-refractivity contribution in [2.45, 2.75) is 13.3 Å².